The molecule has 2 heterocycles. The highest BCUT2D eigenvalue weighted by molar-refractivity contribution is 5.46. The van der Waals surface area contributed by atoms with Gasteiger partial charge in [-0.3, -0.25) is 4.90 Å². The van der Waals surface area contributed by atoms with Crippen LogP contribution in [0.2, 0.25) is 0 Å². The molecule has 1 N–H and O–H groups in total. The summed E-state index contributed by atoms with van der Waals surface area (Å²) in [5.41, 5.74) is 3.29. The van der Waals surface area contributed by atoms with Crippen LogP contribution in [0.25, 0.3) is 0 Å². The third-order valence-electron chi connectivity index (χ3n) is 5.35. The molecule has 1 aromatic rings. The van der Waals surface area contributed by atoms with Crippen molar-refractivity contribution in [2.75, 3.05) is 33.8 Å². The van der Waals surface area contributed by atoms with Gasteiger partial charge in [-0.1, -0.05) is 6.07 Å². The molecule has 4 heteroatoms. The van der Waals surface area contributed by atoms with Gasteiger partial charge >= 0.3 is 0 Å². The number of likely N-dealkylation sites (N-methyl/N-ethyl adjacent to an activating group) is 1. The molecule has 0 aromatic heterocycles. The predicted molar refractivity (Wildman–Crippen MR) is 88.4 cm³/mol. The van der Waals surface area contributed by atoms with Gasteiger partial charge in [0.1, 0.15) is 18.5 Å². The quantitative estimate of drug-likeness (QED) is 0.908. The molecule has 0 aliphatic carbocycles. The van der Waals surface area contributed by atoms with Gasteiger partial charge in [0, 0.05) is 11.6 Å². The first-order chi connectivity index (χ1) is 10.5. The van der Waals surface area contributed by atoms with Crippen LogP contribution in [0.5, 0.6) is 5.75 Å². The maximum absolute atomic E-state index is 10.9. The van der Waals surface area contributed by atoms with Gasteiger partial charge in [0.2, 0.25) is 0 Å². The van der Waals surface area contributed by atoms with E-state index in [1.165, 1.54) is 5.56 Å². The minimum absolute atomic E-state index is 0.0438. The molecule has 2 atom stereocenters. The first kappa shape index (κ1) is 15.8. The van der Waals surface area contributed by atoms with Gasteiger partial charge < -0.3 is 14.7 Å². The van der Waals surface area contributed by atoms with E-state index in [-0.39, 0.29) is 6.04 Å². The second kappa shape index (κ2) is 6.19. The van der Waals surface area contributed by atoms with Gasteiger partial charge in [-0.05, 0) is 71.1 Å². The Morgan fingerprint density at radius 2 is 1.91 bits per heavy atom. The molecule has 2 unspecified atom stereocenters. The first-order valence-electron chi connectivity index (χ1n) is 8.30. The summed E-state index contributed by atoms with van der Waals surface area (Å²) in [7, 11) is 4.32. The molecule has 1 aromatic carbocycles. The monoisotopic (exact) mass is 304 g/mol. The number of hydrogen-bond acceptors (Lipinski definition) is 4. The highest BCUT2D eigenvalue weighted by Gasteiger charge is 2.36. The van der Waals surface area contributed by atoms with Crippen LogP contribution in [-0.2, 0) is 0 Å². The van der Waals surface area contributed by atoms with Gasteiger partial charge in [0.25, 0.3) is 0 Å². The van der Waals surface area contributed by atoms with Gasteiger partial charge in [-0.2, -0.15) is 0 Å². The maximum atomic E-state index is 10.9. The number of piperidine rings is 1. The van der Waals surface area contributed by atoms with E-state index in [1.54, 1.807) is 0 Å². The second-order valence-electron chi connectivity index (χ2n) is 7.02. The van der Waals surface area contributed by atoms with Gasteiger partial charge in [-0.15, -0.1) is 0 Å². The summed E-state index contributed by atoms with van der Waals surface area (Å²) in [6, 6.07) is 4.75. The van der Waals surface area contributed by atoms with E-state index >= 15 is 0 Å². The van der Waals surface area contributed by atoms with Crippen LogP contribution in [0.15, 0.2) is 12.1 Å². The minimum atomic E-state index is -0.464. The average Bonchev–Trinajstić information content (AvgIpc) is 2.47. The van der Waals surface area contributed by atoms with E-state index in [9.17, 15) is 5.11 Å². The highest BCUT2D eigenvalue weighted by Crippen LogP contribution is 2.38. The Hall–Kier alpha value is -1.10. The predicted octanol–water partition coefficient (Wildman–Crippen LogP) is 2.12. The largest absolute Gasteiger partial charge is 0.491 e. The summed E-state index contributed by atoms with van der Waals surface area (Å²) in [5.74, 6) is 0.859. The van der Waals surface area contributed by atoms with Gasteiger partial charge in [-0.25, -0.2) is 0 Å². The molecule has 22 heavy (non-hydrogen) atoms. The molecule has 122 valence electrons. The minimum Gasteiger partial charge on any atom is -0.491 e. The molecule has 0 radical (unpaired) electrons. The third-order valence-corrected chi connectivity index (χ3v) is 5.35. The summed E-state index contributed by atoms with van der Waals surface area (Å²) in [5, 5.41) is 10.9. The van der Waals surface area contributed by atoms with Crippen LogP contribution in [0, 0.1) is 13.8 Å². The Bertz CT molecular complexity index is 538. The van der Waals surface area contributed by atoms with E-state index in [0.717, 1.165) is 42.8 Å². The Balaban J connectivity index is 1.79. The Morgan fingerprint density at radius 3 is 2.59 bits per heavy atom. The Labute approximate surface area is 133 Å². The van der Waals surface area contributed by atoms with Crippen molar-refractivity contribution in [1.29, 1.82) is 0 Å². The number of nitrogens with zero attached hydrogens (tertiary/aromatic N) is 2. The van der Waals surface area contributed by atoms with Crippen molar-refractivity contribution >= 4 is 0 Å². The topological polar surface area (TPSA) is 35.9 Å². The molecule has 2 aliphatic heterocycles. The molecule has 0 saturated carbocycles. The maximum Gasteiger partial charge on any atom is 0.125 e. The fourth-order valence-corrected chi connectivity index (χ4v) is 3.91. The molecule has 1 fully saturated rings. The van der Waals surface area contributed by atoms with E-state index in [1.807, 2.05) is 6.07 Å². The summed E-state index contributed by atoms with van der Waals surface area (Å²) < 4.78 is 5.99. The number of benzene rings is 1. The summed E-state index contributed by atoms with van der Waals surface area (Å²) in [6.45, 7) is 6.97. The van der Waals surface area contributed by atoms with Crippen LogP contribution < -0.4 is 4.74 Å². The SMILES string of the molecule is Cc1cc(C)c2c(c1)OCC(N(C)C1CCN(C)CC1)C2O. The number of hydrogen-bond donors (Lipinski definition) is 1. The molecule has 0 amide bonds. The molecule has 2 aliphatic rings. The molecular weight excluding hydrogens is 276 g/mol. The molecule has 0 bridgehead atoms. The van der Waals surface area contributed by atoms with E-state index < -0.39 is 6.10 Å². The Morgan fingerprint density at radius 1 is 1.23 bits per heavy atom. The lowest BCUT2D eigenvalue weighted by Crippen LogP contribution is -2.51. The van der Waals surface area contributed by atoms with Crippen LogP contribution in [0.3, 0.4) is 0 Å². The molecule has 4 nitrogen and oxygen atoms in total. The van der Waals surface area contributed by atoms with Crippen molar-refractivity contribution in [3.05, 3.63) is 28.8 Å². The van der Waals surface area contributed by atoms with Gasteiger partial charge in [0.15, 0.2) is 0 Å². The number of aliphatic hydroxyl groups is 1. The van der Waals surface area contributed by atoms with Crippen molar-refractivity contribution in [1.82, 2.24) is 9.80 Å². The average molecular weight is 304 g/mol. The number of rotatable bonds is 2. The van der Waals surface area contributed by atoms with Crippen molar-refractivity contribution in [2.24, 2.45) is 0 Å². The van der Waals surface area contributed by atoms with Crippen LogP contribution in [0.1, 0.15) is 35.6 Å². The fourth-order valence-electron chi connectivity index (χ4n) is 3.91. The van der Waals surface area contributed by atoms with Gasteiger partial charge in [0.05, 0.1) is 6.04 Å². The molecular formula is C18H28N2O2. The zero-order valence-corrected chi connectivity index (χ0v) is 14.2. The molecule has 1 saturated heterocycles. The van der Waals surface area contributed by atoms with E-state index in [2.05, 4.69) is 43.8 Å². The summed E-state index contributed by atoms with van der Waals surface area (Å²) in [6.07, 6.45) is 1.86. The lowest BCUT2D eigenvalue weighted by Gasteiger charge is -2.43. The number of aryl methyl sites for hydroxylation is 2. The van der Waals surface area contributed by atoms with E-state index in [4.69, 9.17) is 4.74 Å². The third kappa shape index (κ3) is 2.87. The number of likely N-dealkylation sites (tertiary alicyclic amines) is 1. The van der Waals surface area contributed by atoms with Crippen molar-refractivity contribution in [2.45, 2.75) is 44.9 Å². The second-order valence-corrected chi connectivity index (χ2v) is 7.02. The zero-order chi connectivity index (χ0) is 15.9. The lowest BCUT2D eigenvalue weighted by molar-refractivity contribution is -0.0147. The number of ether oxygens (including phenoxy) is 1. The smallest absolute Gasteiger partial charge is 0.125 e. The first-order valence-corrected chi connectivity index (χ1v) is 8.30. The molecule has 3 rings (SSSR count). The van der Waals surface area contributed by atoms with Crippen LogP contribution in [0.4, 0.5) is 0 Å². The molecule has 0 spiro atoms. The summed E-state index contributed by atoms with van der Waals surface area (Å²) in [4.78, 5) is 4.72. The fraction of sp³-hybridized carbons (Fsp3) is 0.667. The Kier molecular flexibility index (Phi) is 4.44. The number of fused-ring (bicyclic) bond motifs is 1. The normalized spacial score (nSPS) is 26.8. The zero-order valence-electron chi connectivity index (χ0n) is 14.2. The lowest BCUT2D eigenvalue weighted by atomic mass is 9.91. The van der Waals surface area contributed by atoms with E-state index in [0.29, 0.717) is 12.6 Å². The van der Waals surface area contributed by atoms with Crippen molar-refractivity contribution in [3.63, 3.8) is 0 Å². The van der Waals surface area contributed by atoms with Crippen molar-refractivity contribution < 1.29 is 9.84 Å². The summed E-state index contributed by atoms with van der Waals surface area (Å²) >= 11 is 0. The van der Waals surface area contributed by atoms with Crippen LogP contribution in [-0.4, -0.2) is 60.8 Å². The standard InChI is InChI=1S/C18H28N2O2/c1-12-9-13(2)17-16(10-12)22-11-15(18(17)21)20(4)14-5-7-19(3)8-6-14/h9-10,14-15,18,21H,5-8,11H2,1-4H3. The van der Waals surface area contributed by atoms with Crippen molar-refractivity contribution in [3.8, 4) is 5.75 Å². The number of aliphatic hydroxyl groups excluding tert-OH is 1. The van der Waals surface area contributed by atoms with Crippen LogP contribution >= 0.6 is 0 Å². The highest BCUT2D eigenvalue weighted by atomic mass is 16.5.